The zero-order valence-electron chi connectivity index (χ0n) is 11.3. The van der Waals surface area contributed by atoms with Gasteiger partial charge in [-0.05, 0) is 32.4 Å². The summed E-state index contributed by atoms with van der Waals surface area (Å²) in [5.74, 6) is 0. The van der Waals surface area contributed by atoms with E-state index < -0.39 is 0 Å². The second kappa shape index (κ2) is 5.08. The molecule has 0 fully saturated rings. The summed E-state index contributed by atoms with van der Waals surface area (Å²) in [6.07, 6.45) is 1.87. The van der Waals surface area contributed by atoms with Gasteiger partial charge in [-0.1, -0.05) is 29.0 Å². The maximum atomic E-state index is 5.87. The van der Waals surface area contributed by atoms with Crippen molar-refractivity contribution >= 4 is 22.2 Å². The van der Waals surface area contributed by atoms with Gasteiger partial charge in [0.15, 0.2) is 5.13 Å². The molecule has 3 nitrogen and oxygen atoms in total. The molecule has 0 amide bonds. The van der Waals surface area contributed by atoms with Crippen molar-refractivity contribution in [3.8, 4) is 0 Å². The van der Waals surface area contributed by atoms with Crippen LogP contribution in [0.3, 0.4) is 0 Å². The number of hydrogen-bond donors (Lipinski definition) is 1. The molecule has 1 atom stereocenters. The molecule has 0 radical (unpaired) electrons. The fraction of sp³-hybridized carbons (Fsp3) is 0.357. The Labute approximate surface area is 112 Å². The van der Waals surface area contributed by atoms with E-state index in [1.165, 1.54) is 16.8 Å². The fourth-order valence-corrected chi connectivity index (χ4v) is 2.77. The number of nitrogens with zero attached hydrogens (tertiary/aromatic N) is 2. The fourth-order valence-electron chi connectivity index (χ4n) is 1.93. The molecule has 1 aromatic carbocycles. The summed E-state index contributed by atoms with van der Waals surface area (Å²) in [5, 5.41) is 0.981. The van der Waals surface area contributed by atoms with E-state index in [9.17, 15) is 0 Å². The first-order valence-corrected chi connectivity index (χ1v) is 6.83. The molecule has 0 aliphatic rings. The van der Waals surface area contributed by atoms with Gasteiger partial charge in [-0.2, -0.15) is 0 Å². The van der Waals surface area contributed by atoms with Crippen LogP contribution in [-0.4, -0.2) is 12.0 Å². The van der Waals surface area contributed by atoms with Crippen LogP contribution < -0.4 is 10.6 Å². The number of aromatic nitrogens is 1. The van der Waals surface area contributed by atoms with Crippen molar-refractivity contribution in [3.63, 3.8) is 0 Å². The summed E-state index contributed by atoms with van der Waals surface area (Å²) < 4.78 is 0. The first-order chi connectivity index (χ1) is 8.49. The van der Waals surface area contributed by atoms with Gasteiger partial charge in [0.05, 0.1) is 0 Å². The van der Waals surface area contributed by atoms with E-state index in [2.05, 4.69) is 41.9 Å². The van der Waals surface area contributed by atoms with Crippen LogP contribution >= 0.6 is 11.3 Å². The topological polar surface area (TPSA) is 42.2 Å². The highest BCUT2D eigenvalue weighted by Crippen LogP contribution is 2.32. The van der Waals surface area contributed by atoms with E-state index >= 15 is 0 Å². The standard InChI is InChI=1S/C14H19N3S/c1-9-5-6-12(10(2)7-9)17(4)14-16-8-13(18-14)11(3)15/h5-8,11H,15H2,1-4H3. The Hall–Kier alpha value is -1.39. The zero-order chi connectivity index (χ0) is 13.3. The third-order valence-corrected chi connectivity index (χ3v) is 4.24. The maximum absolute atomic E-state index is 5.87. The molecule has 0 aliphatic carbocycles. The van der Waals surface area contributed by atoms with Gasteiger partial charge in [0.25, 0.3) is 0 Å². The Kier molecular flexibility index (Phi) is 3.68. The van der Waals surface area contributed by atoms with Crippen molar-refractivity contribution in [2.24, 2.45) is 5.73 Å². The summed E-state index contributed by atoms with van der Waals surface area (Å²) >= 11 is 1.65. The number of anilines is 2. The summed E-state index contributed by atoms with van der Waals surface area (Å²) in [6, 6.07) is 6.49. The molecule has 18 heavy (non-hydrogen) atoms. The second-order valence-electron chi connectivity index (χ2n) is 4.68. The van der Waals surface area contributed by atoms with Crippen molar-refractivity contribution in [1.82, 2.24) is 4.98 Å². The molecule has 96 valence electrons. The third kappa shape index (κ3) is 2.54. The molecular weight excluding hydrogens is 242 g/mol. The lowest BCUT2D eigenvalue weighted by Crippen LogP contribution is -2.10. The number of nitrogens with two attached hydrogens (primary N) is 1. The normalized spacial score (nSPS) is 12.5. The minimum absolute atomic E-state index is 0.0452. The lowest BCUT2D eigenvalue weighted by atomic mass is 10.1. The highest BCUT2D eigenvalue weighted by molar-refractivity contribution is 7.15. The quantitative estimate of drug-likeness (QED) is 0.918. The van der Waals surface area contributed by atoms with Gasteiger partial charge >= 0.3 is 0 Å². The summed E-state index contributed by atoms with van der Waals surface area (Å²) in [7, 11) is 2.04. The van der Waals surface area contributed by atoms with Gasteiger partial charge in [0, 0.05) is 29.9 Å². The molecule has 1 aromatic heterocycles. The number of aryl methyl sites for hydroxylation is 2. The van der Waals surface area contributed by atoms with E-state index in [4.69, 9.17) is 5.73 Å². The SMILES string of the molecule is Cc1ccc(N(C)c2ncc(C(C)N)s2)c(C)c1. The van der Waals surface area contributed by atoms with E-state index in [0.29, 0.717) is 0 Å². The van der Waals surface area contributed by atoms with Crippen molar-refractivity contribution in [1.29, 1.82) is 0 Å². The molecular formula is C14H19N3S. The van der Waals surface area contributed by atoms with Crippen LogP contribution in [0.15, 0.2) is 24.4 Å². The minimum Gasteiger partial charge on any atom is -0.323 e. The minimum atomic E-state index is 0.0452. The Morgan fingerprint density at radius 3 is 2.61 bits per heavy atom. The predicted octanol–water partition coefficient (Wildman–Crippen LogP) is 3.55. The van der Waals surface area contributed by atoms with Gasteiger partial charge in [0.2, 0.25) is 0 Å². The van der Waals surface area contributed by atoms with Gasteiger partial charge in [0.1, 0.15) is 0 Å². The molecule has 1 unspecified atom stereocenters. The van der Waals surface area contributed by atoms with Crippen LogP contribution in [0.1, 0.15) is 29.0 Å². The predicted molar refractivity (Wildman–Crippen MR) is 78.7 cm³/mol. The average molecular weight is 261 g/mol. The summed E-state index contributed by atoms with van der Waals surface area (Å²) in [6.45, 7) is 6.21. The molecule has 0 saturated carbocycles. The Balaban J connectivity index is 2.32. The molecule has 2 N–H and O–H groups in total. The van der Waals surface area contributed by atoms with E-state index in [0.717, 1.165) is 10.0 Å². The summed E-state index contributed by atoms with van der Waals surface area (Å²) in [4.78, 5) is 7.67. The van der Waals surface area contributed by atoms with Crippen LogP contribution in [0.2, 0.25) is 0 Å². The molecule has 1 heterocycles. The molecule has 0 saturated heterocycles. The largest absolute Gasteiger partial charge is 0.323 e. The van der Waals surface area contributed by atoms with E-state index in [1.54, 1.807) is 11.3 Å². The van der Waals surface area contributed by atoms with Crippen molar-refractivity contribution in [3.05, 3.63) is 40.4 Å². The first-order valence-electron chi connectivity index (χ1n) is 6.01. The third-order valence-electron chi connectivity index (χ3n) is 2.96. The van der Waals surface area contributed by atoms with Crippen LogP contribution in [0, 0.1) is 13.8 Å². The molecule has 0 spiro atoms. The smallest absolute Gasteiger partial charge is 0.189 e. The van der Waals surface area contributed by atoms with Crippen molar-refractivity contribution < 1.29 is 0 Å². The lowest BCUT2D eigenvalue weighted by molar-refractivity contribution is 0.835. The van der Waals surface area contributed by atoms with Crippen LogP contribution in [0.4, 0.5) is 10.8 Å². The average Bonchev–Trinajstić information content (AvgIpc) is 2.77. The van der Waals surface area contributed by atoms with Crippen molar-refractivity contribution in [2.45, 2.75) is 26.8 Å². The Bertz CT molecular complexity index is 546. The zero-order valence-corrected chi connectivity index (χ0v) is 12.1. The number of rotatable bonds is 3. The first kappa shape index (κ1) is 13.1. The number of hydrogen-bond acceptors (Lipinski definition) is 4. The Morgan fingerprint density at radius 1 is 1.33 bits per heavy atom. The van der Waals surface area contributed by atoms with Crippen molar-refractivity contribution in [2.75, 3.05) is 11.9 Å². The van der Waals surface area contributed by atoms with Crippen LogP contribution in [0.5, 0.6) is 0 Å². The van der Waals surface area contributed by atoms with Crippen LogP contribution in [0.25, 0.3) is 0 Å². The van der Waals surface area contributed by atoms with Gasteiger partial charge in [-0.15, -0.1) is 0 Å². The van der Waals surface area contributed by atoms with Gasteiger partial charge in [-0.25, -0.2) is 4.98 Å². The monoisotopic (exact) mass is 261 g/mol. The maximum Gasteiger partial charge on any atom is 0.189 e. The Morgan fingerprint density at radius 2 is 2.06 bits per heavy atom. The molecule has 4 heteroatoms. The second-order valence-corrected chi connectivity index (χ2v) is 5.72. The van der Waals surface area contributed by atoms with Gasteiger partial charge < -0.3 is 10.6 Å². The molecule has 2 aromatic rings. The molecule has 2 rings (SSSR count). The highest BCUT2D eigenvalue weighted by Gasteiger charge is 2.12. The molecule has 0 aliphatic heterocycles. The highest BCUT2D eigenvalue weighted by atomic mass is 32.1. The van der Waals surface area contributed by atoms with Gasteiger partial charge in [-0.3, -0.25) is 0 Å². The van der Waals surface area contributed by atoms with E-state index in [1.807, 2.05) is 20.2 Å². The summed E-state index contributed by atoms with van der Waals surface area (Å²) in [5.41, 5.74) is 9.59. The number of benzene rings is 1. The lowest BCUT2D eigenvalue weighted by Gasteiger charge is -2.18. The molecule has 0 bridgehead atoms. The van der Waals surface area contributed by atoms with Crippen LogP contribution in [-0.2, 0) is 0 Å². The number of thiazole rings is 1. The van der Waals surface area contributed by atoms with E-state index in [-0.39, 0.29) is 6.04 Å².